The maximum absolute atomic E-state index is 13.8. The molecule has 2 aliphatic carbocycles. The summed E-state index contributed by atoms with van der Waals surface area (Å²) in [4.78, 5) is 58.1. The monoisotopic (exact) mass is 762 g/mol. The smallest absolute Gasteiger partial charge is 0.242 e. The van der Waals surface area contributed by atoms with Gasteiger partial charge in [0.1, 0.15) is 11.6 Å². The molecule has 8 atom stereocenters. The van der Waals surface area contributed by atoms with E-state index in [1.807, 2.05) is 45.0 Å². The number of nitrogens with one attached hydrogen (secondary N) is 4. The second kappa shape index (κ2) is 15.6. The SMILES string of the molecule is COC1OC1N[C@H](C(=O)N1CCC[C@H]1c1ncc(-c2ccc(-c3ccc(-c4cnc([C@@H]5[C@H]6CC[C@H](C6)[C@H]5C(=O)NN(C(C)=O)C(C)C)[nH]4)cc3)cc2)[nH]1)C(C)C. The van der Waals surface area contributed by atoms with Crippen LogP contribution in [0.25, 0.3) is 33.6 Å². The molecular weight excluding hydrogens is 709 g/mol. The van der Waals surface area contributed by atoms with Crippen LogP contribution in [0.1, 0.15) is 90.3 Å². The van der Waals surface area contributed by atoms with Gasteiger partial charge in [0.15, 0.2) is 12.5 Å². The van der Waals surface area contributed by atoms with Crippen LogP contribution >= 0.6 is 0 Å². The Morgan fingerprint density at radius 1 is 0.857 bits per heavy atom. The number of hydrogen-bond acceptors (Lipinski definition) is 8. The molecule has 4 aromatic rings. The van der Waals surface area contributed by atoms with E-state index < -0.39 is 0 Å². The first-order chi connectivity index (χ1) is 27.0. The van der Waals surface area contributed by atoms with Crippen LogP contribution in [-0.4, -0.2) is 85.8 Å². The highest BCUT2D eigenvalue weighted by atomic mass is 16.8. The van der Waals surface area contributed by atoms with Crippen molar-refractivity contribution in [2.45, 2.75) is 103 Å². The standard InChI is InChI=1S/C43H54N8O5/c1-23(2)37(48-41-43(55-6)56-41)42(54)50-19-7-8-34(50)38-44-21-32(46-38)28-13-9-26(10-14-28)27-11-15-29(16-12-27)33-22-45-39(47-33)35-30-17-18-31(20-30)36(35)40(53)49-51(24(3)4)25(5)52/h9-16,21-24,30-31,34-37,41,43,48H,7-8,17-20H2,1-6H3,(H,44,46)(H,45,47)(H,49,53)/t30-,31+,34-,35+,36+,37-,41?,43?/m0/s1. The lowest BCUT2D eigenvalue weighted by Crippen LogP contribution is -2.52. The first-order valence-corrected chi connectivity index (χ1v) is 20.2. The van der Waals surface area contributed by atoms with Crippen molar-refractivity contribution in [3.63, 3.8) is 0 Å². The molecule has 13 heteroatoms. The van der Waals surface area contributed by atoms with Gasteiger partial charge in [-0.3, -0.25) is 30.1 Å². The number of nitrogens with zero attached hydrogens (tertiary/aromatic N) is 4. The number of fused-ring (bicyclic) bond motifs is 2. The molecule has 2 unspecified atom stereocenters. The van der Waals surface area contributed by atoms with Crippen LogP contribution in [-0.2, 0) is 23.9 Å². The van der Waals surface area contributed by atoms with E-state index in [1.54, 1.807) is 7.11 Å². The van der Waals surface area contributed by atoms with E-state index in [0.717, 1.165) is 77.4 Å². The fourth-order valence-corrected chi connectivity index (χ4v) is 9.43. The highest BCUT2D eigenvalue weighted by molar-refractivity contribution is 5.84. The molecule has 0 spiro atoms. The summed E-state index contributed by atoms with van der Waals surface area (Å²) in [6, 6.07) is 16.2. The highest BCUT2D eigenvalue weighted by Crippen LogP contribution is 2.56. The van der Waals surface area contributed by atoms with Crippen molar-refractivity contribution in [2.24, 2.45) is 23.7 Å². The van der Waals surface area contributed by atoms with Crippen LogP contribution in [0, 0.1) is 23.7 Å². The Kier molecular flexibility index (Phi) is 10.6. The van der Waals surface area contributed by atoms with Crippen molar-refractivity contribution in [3.05, 3.63) is 72.6 Å². The Hall–Kier alpha value is -4.85. The van der Waals surface area contributed by atoms with E-state index in [1.165, 1.54) is 11.9 Å². The summed E-state index contributed by atoms with van der Waals surface area (Å²) >= 11 is 0. The summed E-state index contributed by atoms with van der Waals surface area (Å²) in [7, 11) is 1.60. The molecule has 2 saturated carbocycles. The quantitative estimate of drug-likeness (QED) is 0.0987. The molecule has 56 heavy (non-hydrogen) atoms. The third-order valence-corrected chi connectivity index (χ3v) is 12.3. The van der Waals surface area contributed by atoms with Crippen molar-refractivity contribution < 1.29 is 23.9 Å². The number of ether oxygens (including phenoxy) is 2. The van der Waals surface area contributed by atoms with Crippen LogP contribution < -0.4 is 10.7 Å². The average molecular weight is 763 g/mol. The first-order valence-electron chi connectivity index (χ1n) is 20.2. The number of epoxide rings is 1. The van der Waals surface area contributed by atoms with Gasteiger partial charge in [-0.05, 0) is 86.0 Å². The molecule has 4 aliphatic rings. The van der Waals surface area contributed by atoms with Crippen LogP contribution in [0.2, 0.25) is 0 Å². The van der Waals surface area contributed by atoms with E-state index in [4.69, 9.17) is 19.4 Å². The molecule has 4 fully saturated rings. The Balaban J connectivity index is 0.919. The van der Waals surface area contributed by atoms with E-state index in [-0.39, 0.29) is 66.1 Å². The second-order valence-corrected chi connectivity index (χ2v) is 16.6. The Labute approximate surface area is 328 Å². The number of aromatic amines is 2. The van der Waals surface area contributed by atoms with Gasteiger partial charge < -0.3 is 24.3 Å². The molecule has 2 bridgehead atoms. The minimum absolute atomic E-state index is 0.00137. The molecule has 2 aromatic heterocycles. The molecular formula is C43H54N8O5. The van der Waals surface area contributed by atoms with Crippen molar-refractivity contribution >= 4 is 17.7 Å². The zero-order valence-electron chi connectivity index (χ0n) is 33.1. The number of hydrazine groups is 1. The average Bonchev–Trinajstić information content (AvgIpc) is 3.87. The molecule has 13 nitrogen and oxygen atoms in total. The zero-order valence-corrected chi connectivity index (χ0v) is 33.1. The number of likely N-dealkylation sites (tertiary alicyclic amines) is 1. The summed E-state index contributed by atoms with van der Waals surface area (Å²) in [5, 5.41) is 4.77. The van der Waals surface area contributed by atoms with E-state index in [0.29, 0.717) is 18.4 Å². The van der Waals surface area contributed by atoms with Gasteiger partial charge in [-0.25, -0.2) is 9.97 Å². The van der Waals surface area contributed by atoms with Crippen molar-refractivity contribution in [3.8, 4) is 33.6 Å². The normalized spacial score (nSPS) is 25.9. The lowest BCUT2D eigenvalue weighted by atomic mass is 9.78. The fourth-order valence-electron chi connectivity index (χ4n) is 9.43. The number of amides is 3. The van der Waals surface area contributed by atoms with Gasteiger partial charge in [0.05, 0.1) is 41.8 Å². The molecule has 0 radical (unpaired) electrons. The van der Waals surface area contributed by atoms with Crippen LogP contribution in [0.3, 0.4) is 0 Å². The first kappa shape index (κ1) is 38.0. The Morgan fingerprint density at radius 2 is 1.45 bits per heavy atom. The van der Waals surface area contributed by atoms with E-state index in [9.17, 15) is 14.4 Å². The summed E-state index contributed by atoms with van der Waals surface area (Å²) in [6.07, 6.45) is 8.08. The molecule has 3 amide bonds. The van der Waals surface area contributed by atoms with Crippen LogP contribution in [0.15, 0.2) is 60.9 Å². The van der Waals surface area contributed by atoms with Crippen molar-refractivity contribution in [1.29, 1.82) is 0 Å². The molecule has 4 N–H and O–H groups in total. The molecule has 8 rings (SSSR count). The fraction of sp³-hybridized carbons (Fsp3) is 0.512. The van der Waals surface area contributed by atoms with Crippen molar-refractivity contribution in [2.75, 3.05) is 13.7 Å². The topological polar surface area (TPSA) is 161 Å². The maximum Gasteiger partial charge on any atom is 0.242 e. The second-order valence-electron chi connectivity index (χ2n) is 16.6. The number of imidazole rings is 2. The van der Waals surface area contributed by atoms with Crippen LogP contribution in [0.4, 0.5) is 0 Å². The van der Waals surface area contributed by atoms with Gasteiger partial charge in [-0.1, -0.05) is 62.4 Å². The number of carbonyl (C=O) groups is 3. The molecule has 2 aromatic carbocycles. The molecule has 296 valence electrons. The number of benzene rings is 2. The highest BCUT2D eigenvalue weighted by Gasteiger charge is 2.53. The van der Waals surface area contributed by atoms with Gasteiger partial charge in [-0.2, -0.15) is 0 Å². The zero-order chi connectivity index (χ0) is 39.2. The lowest BCUT2D eigenvalue weighted by Gasteiger charge is -2.32. The number of H-pyrrole nitrogens is 2. The minimum Gasteiger partial charge on any atom is -0.352 e. The van der Waals surface area contributed by atoms with Gasteiger partial charge >= 0.3 is 0 Å². The molecule has 2 saturated heterocycles. The summed E-state index contributed by atoms with van der Waals surface area (Å²) in [6.45, 7) is 10.1. The van der Waals surface area contributed by atoms with Gasteiger partial charge in [0.25, 0.3) is 0 Å². The summed E-state index contributed by atoms with van der Waals surface area (Å²) < 4.78 is 10.7. The summed E-state index contributed by atoms with van der Waals surface area (Å²) in [5.74, 6) is 2.03. The number of methoxy groups -OCH3 is 1. The van der Waals surface area contributed by atoms with Crippen molar-refractivity contribution in [1.82, 2.24) is 40.6 Å². The molecule has 2 aliphatic heterocycles. The third-order valence-electron chi connectivity index (χ3n) is 12.3. The minimum atomic E-state index is -0.370. The predicted octanol–water partition coefficient (Wildman–Crippen LogP) is 6.16. The summed E-state index contributed by atoms with van der Waals surface area (Å²) in [5.41, 5.74) is 8.99. The van der Waals surface area contributed by atoms with E-state index in [2.05, 4.69) is 69.2 Å². The number of rotatable bonds is 12. The van der Waals surface area contributed by atoms with Gasteiger partial charge in [0.2, 0.25) is 17.7 Å². The van der Waals surface area contributed by atoms with Gasteiger partial charge in [-0.15, -0.1) is 0 Å². The largest absolute Gasteiger partial charge is 0.352 e. The maximum atomic E-state index is 13.8. The van der Waals surface area contributed by atoms with E-state index >= 15 is 0 Å². The predicted molar refractivity (Wildman–Crippen MR) is 211 cm³/mol. The molecule has 4 heterocycles. The Morgan fingerprint density at radius 3 is 2.02 bits per heavy atom. The Bertz CT molecular complexity index is 2040. The van der Waals surface area contributed by atoms with Crippen LogP contribution in [0.5, 0.6) is 0 Å². The van der Waals surface area contributed by atoms with Gasteiger partial charge in [0, 0.05) is 32.5 Å². The lowest BCUT2D eigenvalue weighted by molar-refractivity contribution is -0.145. The number of aromatic nitrogens is 4. The third kappa shape index (κ3) is 7.39. The number of carbonyl (C=O) groups excluding carboxylic acids is 3. The number of hydrogen-bond donors (Lipinski definition) is 4.